The number of aromatic nitrogens is 5. The molecule has 2 bridgehead atoms. The molecular formula is C21H20F4N6O. The van der Waals surface area contributed by atoms with Crippen LogP contribution in [-0.4, -0.2) is 47.5 Å². The van der Waals surface area contributed by atoms with Crippen molar-refractivity contribution in [3.05, 3.63) is 52.9 Å². The SMILES string of the molecule is Cc1cc(C(=O)N2[C@H]3CC[C@H](c4cc(C(F)F)nc5ncnn45)[C@@H]2CC3)cc(C(F)F)n1. The summed E-state index contributed by atoms with van der Waals surface area (Å²) in [6, 6.07) is 3.71. The van der Waals surface area contributed by atoms with Crippen molar-refractivity contribution in [3.63, 3.8) is 0 Å². The maximum Gasteiger partial charge on any atom is 0.280 e. The molecular weight excluding hydrogens is 428 g/mol. The molecule has 0 N–H and O–H groups in total. The monoisotopic (exact) mass is 448 g/mol. The maximum atomic E-state index is 13.5. The number of aryl methyl sites for hydroxylation is 1. The fourth-order valence-corrected chi connectivity index (χ4v) is 5.12. The molecule has 0 radical (unpaired) electrons. The van der Waals surface area contributed by atoms with Crippen LogP contribution in [0.15, 0.2) is 24.5 Å². The molecule has 3 atom stereocenters. The average Bonchev–Trinajstić information content (AvgIpc) is 3.35. The molecule has 0 aliphatic carbocycles. The molecule has 2 aliphatic rings. The number of nitrogens with zero attached hydrogens (tertiary/aromatic N) is 6. The molecule has 0 aromatic carbocycles. The fourth-order valence-electron chi connectivity index (χ4n) is 5.12. The first kappa shape index (κ1) is 20.8. The zero-order valence-corrected chi connectivity index (χ0v) is 17.1. The van der Waals surface area contributed by atoms with E-state index in [0.717, 1.165) is 12.5 Å². The Morgan fingerprint density at radius 2 is 1.72 bits per heavy atom. The van der Waals surface area contributed by atoms with Crippen LogP contribution in [0.3, 0.4) is 0 Å². The summed E-state index contributed by atoms with van der Waals surface area (Å²) in [6.07, 6.45) is -1.45. The molecule has 3 aromatic rings. The van der Waals surface area contributed by atoms with Gasteiger partial charge in [-0.15, -0.1) is 0 Å². The first-order valence-electron chi connectivity index (χ1n) is 10.4. The largest absolute Gasteiger partial charge is 0.332 e. The standard InChI is InChI=1S/C21H20F4N6O/c1-10-6-11(7-14(28-10)18(22)23)20(32)30-12-2-4-13(16(30)5-3-12)17-8-15(19(24)25)29-21-26-9-27-31(17)21/h6-9,12-13,16,18-19H,2-5H2,1H3/t12-,13-,16-/m0/s1. The summed E-state index contributed by atoms with van der Waals surface area (Å²) in [4.78, 5) is 26.8. The van der Waals surface area contributed by atoms with E-state index in [9.17, 15) is 22.4 Å². The van der Waals surface area contributed by atoms with Crippen LogP contribution in [0.5, 0.6) is 0 Å². The highest BCUT2D eigenvalue weighted by Gasteiger charge is 2.46. The molecule has 2 fully saturated rings. The average molecular weight is 448 g/mol. The van der Waals surface area contributed by atoms with Crippen LogP contribution in [0.25, 0.3) is 5.78 Å². The van der Waals surface area contributed by atoms with Gasteiger partial charge in [0, 0.05) is 29.3 Å². The highest BCUT2D eigenvalue weighted by molar-refractivity contribution is 5.95. The lowest BCUT2D eigenvalue weighted by atomic mass is 9.86. The van der Waals surface area contributed by atoms with Crippen molar-refractivity contribution in [3.8, 4) is 0 Å². The van der Waals surface area contributed by atoms with Crippen molar-refractivity contribution in [1.82, 2.24) is 29.5 Å². The van der Waals surface area contributed by atoms with E-state index in [1.54, 1.807) is 11.8 Å². The van der Waals surface area contributed by atoms with Gasteiger partial charge in [-0.3, -0.25) is 9.78 Å². The van der Waals surface area contributed by atoms with Crippen LogP contribution in [0.4, 0.5) is 17.6 Å². The van der Waals surface area contributed by atoms with Gasteiger partial charge in [-0.1, -0.05) is 0 Å². The minimum atomic E-state index is -2.78. The lowest BCUT2D eigenvalue weighted by molar-refractivity contribution is 0.0553. The number of hydrogen-bond acceptors (Lipinski definition) is 5. The second-order valence-electron chi connectivity index (χ2n) is 8.30. The molecule has 0 spiro atoms. The fraction of sp³-hybridized carbons (Fsp3) is 0.476. The number of alkyl halides is 4. The van der Waals surface area contributed by atoms with E-state index in [2.05, 4.69) is 20.1 Å². The van der Waals surface area contributed by atoms with E-state index in [4.69, 9.17) is 0 Å². The first-order valence-corrected chi connectivity index (χ1v) is 10.4. The van der Waals surface area contributed by atoms with Crippen molar-refractivity contribution in [2.75, 3.05) is 0 Å². The van der Waals surface area contributed by atoms with Crippen LogP contribution >= 0.6 is 0 Å². The Morgan fingerprint density at radius 3 is 2.47 bits per heavy atom. The lowest BCUT2D eigenvalue weighted by Crippen LogP contribution is -2.47. The second kappa shape index (κ2) is 7.79. The van der Waals surface area contributed by atoms with Gasteiger partial charge in [-0.25, -0.2) is 27.1 Å². The topological polar surface area (TPSA) is 76.3 Å². The molecule has 2 saturated heterocycles. The zero-order chi connectivity index (χ0) is 22.6. The van der Waals surface area contributed by atoms with Crippen molar-refractivity contribution in [1.29, 1.82) is 0 Å². The number of piperidine rings is 1. The van der Waals surface area contributed by atoms with E-state index in [1.165, 1.54) is 23.0 Å². The minimum Gasteiger partial charge on any atom is -0.332 e. The van der Waals surface area contributed by atoms with Gasteiger partial charge in [0.05, 0.1) is 5.69 Å². The smallest absolute Gasteiger partial charge is 0.280 e. The van der Waals surface area contributed by atoms with Gasteiger partial charge in [0.1, 0.15) is 17.7 Å². The second-order valence-corrected chi connectivity index (χ2v) is 8.30. The summed E-state index contributed by atoms with van der Waals surface area (Å²) in [5.74, 6) is -0.505. The molecule has 32 heavy (non-hydrogen) atoms. The summed E-state index contributed by atoms with van der Waals surface area (Å²) in [5, 5.41) is 4.15. The minimum absolute atomic E-state index is 0.0186. The lowest BCUT2D eigenvalue weighted by Gasteiger charge is -2.40. The quantitative estimate of drug-likeness (QED) is 0.558. The first-order chi connectivity index (χ1) is 15.3. The number of halogens is 4. The summed E-state index contributed by atoms with van der Waals surface area (Å²) in [5.41, 5.74) is 0.218. The third-order valence-corrected chi connectivity index (χ3v) is 6.40. The molecule has 168 valence electrons. The number of fused-ring (bicyclic) bond motifs is 3. The van der Waals surface area contributed by atoms with Gasteiger partial charge in [-0.05, 0) is 50.8 Å². The number of amides is 1. The van der Waals surface area contributed by atoms with Crippen LogP contribution in [0.2, 0.25) is 0 Å². The van der Waals surface area contributed by atoms with Crippen molar-refractivity contribution in [2.24, 2.45) is 0 Å². The van der Waals surface area contributed by atoms with E-state index in [1.807, 2.05) is 0 Å². The Morgan fingerprint density at radius 1 is 1.00 bits per heavy atom. The molecule has 5 heterocycles. The molecule has 1 amide bonds. The summed E-state index contributed by atoms with van der Waals surface area (Å²) >= 11 is 0. The number of carbonyl (C=O) groups excluding carboxylic acids is 1. The Hall–Kier alpha value is -3.11. The van der Waals surface area contributed by atoms with Crippen molar-refractivity contribution >= 4 is 11.7 Å². The summed E-state index contributed by atoms with van der Waals surface area (Å²) < 4.78 is 54.8. The highest BCUT2D eigenvalue weighted by atomic mass is 19.3. The van der Waals surface area contributed by atoms with Gasteiger partial charge in [0.25, 0.3) is 24.5 Å². The number of carbonyl (C=O) groups is 1. The molecule has 0 saturated carbocycles. The van der Waals surface area contributed by atoms with Gasteiger partial charge in [0.15, 0.2) is 0 Å². The molecule has 0 unspecified atom stereocenters. The Labute approximate surface area is 180 Å². The van der Waals surface area contributed by atoms with Crippen molar-refractivity contribution < 1.29 is 22.4 Å². The van der Waals surface area contributed by atoms with E-state index < -0.39 is 18.5 Å². The Balaban J connectivity index is 1.54. The third kappa shape index (κ3) is 3.39. The van der Waals surface area contributed by atoms with Crippen LogP contribution < -0.4 is 0 Å². The summed E-state index contributed by atoms with van der Waals surface area (Å²) in [6.45, 7) is 1.57. The highest BCUT2D eigenvalue weighted by Crippen LogP contribution is 2.45. The van der Waals surface area contributed by atoms with Gasteiger partial charge < -0.3 is 4.90 Å². The predicted molar refractivity (Wildman–Crippen MR) is 105 cm³/mol. The Bertz CT molecular complexity index is 1180. The van der Waals surface area contributed by atoms with E-state index in [0.29, 0.717) is 30.7 Å². The number of rotatable bonds is 4. The van der Waals surface area contributed by atoms with Crippen molar-refractivity contribution in [2.45, 2.75) is 63.5 Å². The molecule has 11 heteroatoms. The van der Waals surface area contributed by atoms with Gasteiger partial charge in [-0.2, -0.15) is 10.1 Å². The molecule has 7 nitrogen and oxygen atoms in total. The molecule has 3 aromatic heterocycles. The van der Waals surface area contributed by atoms with Crippen LogP contribution in [0, 0.1) is 6.92 Å². The van der Waals surface area contributed by atoms with Gasteiger partial charge >= 0.3 is 0 Å². The maximum absolute atomic E-state index is 13.5. The number of hydrogen-bond donors (Lipinski definition) is 0. The third-order valence-electron chi connectivity index (χ3n) is 6.40. The predicted octanol–water partition coefficient (Wildman–Crippen LogP) is 4.25. The summed E-state index contributed by atoms with van der Waals surface area (Å²) in [7, 11) is 0. The molecule has 2 aliphatic heterocycles. The van der Waals surface area contributed by atoms with Crippen LogP contribution in [0.1, 0.15) is 77.6 Å². The molecule has 5 rings (SSSR count). The van der Waals surface area contributed by atoms with E-state index >= 15 is 0 Å². The Kier molecular flexibility index (Phi) is 5.06. The van der Waals surface area contributed by atoms with Gasteiger partial charge in [0.2, 0.25) is 0 Å². The van der Waals surface area contributed by atoms with Crippen LogP contribution in [-0.2, 0) is 0 Å². The normalized spacial score (nSPS) is 23.0. The number of pyridine rings is 1. The zero-order valence-electron chi connectivity index (χ0n) is 17.1. The van der Waals surface area contributed by atoms with E-state index in [-0.39, 0.29) is 40.9 Å².